The maximum atomic E-state index is 12.8. The van der Waals surface area contributed by atoms with E-state index in [4.69, 9.17) is 9.47 Å². The van der Waals surface area contributed by atoms with E-state index >= 15 is 0 Å². The highest BCUT2D eigenvalue weighted by molar-refractivity contribution is 5.92. The summed E-state index contributed by atoms with van der Waals surface area (Å²) in [5.74, 6) is -0.749. The van der Waals surface area contributed by atoms with Gasteiger partial charge in [-0.3, -0.25) is 9.59 Å². The summed E-state index contributed by atoms with van der Waals surface area (Å²) < 4.78 is 23.2. The van der Waals surface area contributed by atoms with Gasteiger partial charge in [0.15, 0.2) is 6.61 Å². The third-order valence-corrected chi connectivity index (χ3v) is 3.79. The van der Waals surface area contributed by atoms with Crippen LogP contribution in [0.3, 0.4) is 0 Å². The second-order valence-electron chi connectivity index (χ2n) is 7.09. The number of rotatable bonds is 7. The number of halogens is 1. The first kappa shape index (κ1) is 20.4. The summed E-state index contributed by atoms with van der Waals surface area (Å²) in [4.78, 5) is 23.4. The molecule has 6 heteroatoms. The van der Waals surface area contributed by atoms with E-state index in [1.807, 2.05) is 24.3 Å². The van der Waals surface area contributed by atoms with Gasteiger partial charge in [-0.15, -0.1) is 0 Å². The predicted octanol–water partition coefficient (Wildman–Crippen LogP) is 4.07. The standard InChI is InChI=1S/C21H24FNO4/c1-21(2,3)15-4-10-18(11-5-15)26-13-12-20(25)27-14-19(24)23-17-8-6-16(22)7-9-17/h4-11H,12-14H2,1-3H3,(H,23,24). The number of hydrogen-bond acceptors (Lipinski definition) is 4. The molecule has 5 nitrogen and oxygen atoms in total. The van der Waals surface area contributed by atoms with Gasteiger partial charge < -0.3 is 14.8 Å². The van der Waals surface area contributed by atoms with Crippen LogP contribution in [0.25, 0.3) is 0 Å². The molecule has 0 heterocycles. The second kappa shape index (κ2) is 9.16. The molecule has 0 bridgehead atoms. The number of ether oxygens (including phenoxy) is 2. The lowest BCUT2D eigenvalue weighted by atomic mass is 9.87. The summed E-state index contributed by atoms with van der Waals surface area (Å²) in [5.41, 5.74) is 1.69. The van der Waals surface area contributed by atoms with Crippen LogP contribution in [0.5, 0.6) is 5.75 Å². The fourth-order valence-electron chi connectivity index (χ4n) is 2.25. The topological polar surface area (TPSA) is 64.6 Å². The van der Waals surface area contributed by atoms with E-state index in [9.17, 15) is 14.0 Å². The lowest BCUT2D eigenvalue weighted by molar-refractivity contribution is -0.147. The van der Waals surface area contributed by atoms with Crippen LogP contribution in [0.2, 0.25) is 0 Å². The number of carbonyl (C=O) groups excluding carboxylic acids is 2. The zero-order chi connectivity index (χ0) is 19.9. The molecule has 0 fully saturated rings. The first-order valence-corrected chi connectivity index (χ1v) is 8.68. The SMILES string of the molecule is CC(C)(C)c1ccc(OCCC(=O)OCC(=O)Nc2ccc(F)cc2)cc1. The fourth-order valence-corrected chi connectivity index (χ4v) is 2.25. The minimum atomic E-state index is -0.532. The molecular weight excluding hydrogens is 349 g/mol. The number of benzene rings is 2. The van der Waals surface area contributed by atoms with Gasteiger partial charge in [-0.25, -0.2) is 4.39 Å². The van der Waals surface area contributed by atoms with Gasteiger partial charge in [0.1, 0.15) is 11.6 Å². The van der Waals surface area contributed by atoms with Gasteiger partial charge in [-0.1, -0.05) is 32.9 Å². The first-order valence-electron chi connectivity index (χ1n) is 8.68. The Labute approximate surface area is 158 Å². The number of hydrogen-bond donors (Lipinski definition) is 1. The average molecular weight is 373 g/mol. The number of amides is 1. The van der Waals surface area contributed by atoms with E-state index in [1.54, 1.807) is 0 Å². The van der Waals surface area contributed by atoms with E-state index in [-0.39, 0.29) is 18.4 Å². The number of carbonyl (C=O) groups is 2. The molecule has 0 aliphatic carbocycles. The molecule has 0 unspecified atom stereocenters. The average Bonchev–Trinajstić information content (AvgIpc) is 2.62. The van der Waals surface area contributed by atoms with Crippen molar-refractivity contribution in [1.82, 2.24) is 0 Å². The second-order valence-corrected chi connectivity index (χ2v) is 7.09. The quantitative estimate of drug-likeness (QED) is 0.743. The van der Waals surface area contributed by atoms with Crippen LogP contribution in [0, 0.1) is 5.82 Å². The van der Waals surface area contributed by atoms with Gasteiger partial charge in [0, 0.05) is 5.69 Å². The molecule has 2 aromatic rings. The summed E-state index contributed by atoms with van der Waals surface area (Å²) >= 11 is 0. The van der Waals surface area contributed by atoms with Crippen molar-refractivity contribution in [1.29, 1.82) is 0 Å². The third-order valence-electron chi connectivity index (χ3n) is 3.79. The summed E-state index contributed by atoms with van der Waals surface area (Å²) in [6, 6.07) is 13.0. The molecule has 0 saturated heterocycles. The Morgan fingerprint density at radius 2 is 1.63 bits per heavy atom. The normalized spacial score (nSPS) is 11.0. The van der Waals surface area contributed by atoms with Gasteiger partial charge in [0.2, 0.25) is 0 Å². The zero-order valence-electron chi connectivity index (χ0n) is 15.8. The molecule has 2 rings (SSSR count). The number of esters is 1. The van der Waals surface area contributed by atoms with Crippen LogP contribution in [0.1, 0.15) is 32.8 Å². The maximum Gasteiger partial charge on any atom is 0.309 e. The minimum Gasteiger partial charge on any atom is -0.493 e. The van der Waals surface area contributed by atoms with Crippen molar-refractivity contribution in [3.8, 4) is 5.75 Å². The van der Waals surface area contributed by atoms with Crippen LogP contribution >= 0.6 is 0 Å². The molecule has 0 aromatic heterocycles. The summed E-state index contributed by atoms with van der Waals surface area (Å²) in [6.45, 7) is 6.14. The van der Waals surface area contributed by atoms with Crippen molar-refractivity contribution >= 4 is 17.6 Å². The van der Waals surface area contributed by atoms with Crippen molar-refractivity contribution < 1.29 is 23.5 Å². The summed E-state index contributed by atoms with van der Waals surface area (Å²) in [6.07, 6.45) is 0.0326. The molecule has 0 saturated carbocycles. The van der Waals surface area contributed by atoms with Crippen molar-refractivity contribution in [2.75, 3.05) is 18.5 Å². The van der Waals surface area contributed by atoms with Gasteiger partial charge in [-0.05, 0) is 47.4 Å². The van der Waals surface area contributed by atoms with Gasteiger partial charge >= 0.3 is 5.97 Å². The van der Waals surface area contributed by atoms with Crippen LogP contribution in [-0.4, -0.2) is 25.1 Å². The van der Waals surface area contributed by atoms with Crippen LogP contribution in [0.15, 0.2) is 48.5 Å². The van der Waals surface area contributed by atoms with E-state index in [0.29, 0.717) is 11.4 Å². The van der Waals surface area contributed by atoms with E-state index < -0.39 is 24.3 Å². The largest absolute Gasteiger partial charge is 0.493 e. The minimum absolute atomic E-state index is 0.0326. The van der Waals surface area contributed by atoms with Crippen molar-refractivity contribution in [3.05, 3.63) is 59.9 Å². The molecule has 2 aromatic carbocycles. The molecule has 0 spiro atoms. The van der Waals surface area contributed by atoms with Crippen LogP contribution in [-0.2, 0) is 19.7 Å². The zero-order valence-corrected chi connectivity index (χ0v) is 15.8. The molecular formula is C21H24FNO4. The van der Waals surface area contributed by atoms with Crippen LogP contribution < -0.4 is 10.1 Å². The lowest BCUT2D eigenvalue weighted by Gasteiger charge is -2.19. The third kappa shape index (κ3) is 7.09. The molecule has 27 heavy (non-hydrogen) atoms. The predicted molar refractivity (Wildman–Crippen MR) is 101 cm³/mol. The van der Waals surface area contributed by atoms with Crippen molar-refractivity contribution in [3.63, 3.8) is 0 Å². The van der Waals surface area contributed by atoms with E-state index in [2.05, 4.69) is 26.1 Å². The van der Waals surface area contributed by atoms with Gasteiger partial charge in [-0.2, -0.15) is 0 Å². The van der Waals surface area contributed by atoms with Crippen molar-refractivity contribution in [2.45, 2.75) is 32.6 Å². The smallest absolute Gasteiger partial charge is 0.309 e. The Morgan fingerprint density at radius 1 is 1.00 bits per heavy atom. The Balaban J connectivity index is 1.67. The number of anilines is 1. The Morgan fingerprint density at radius 3 is 2.22 bits per heavy atom. The van der Waals surface area contributed by atoms with E-state index in [0.717, 1.165) is 0 Å². The summed E-state index contributed by atoms with van der Waals surface area (Å²) in [5, 5.41) is 2.51. The Kier molecular flexibility index (Phi) is 6.93. The number of nitrogens with one attached hydrogen (secondary N) is 1. The van der Waals surface area contributed by atoms with E-state index in [1.165, 1.54) is 29.8 Å². The lowest BCUT2D eigenvalue weighted by Crippen LogP contribution is -2.21. The maximum absolute atomic E-state index is 12.8. The molecule has 1 N–H and O–H groups in total. The molecule has 0 aliphatic heterocycles. The summed E-state index contributed by atoms with van der Waals surface area (Å²) in [7, 11) is 0. The molecule has 0 radical (unpaired) electrons. The highest BCUT2D eigenvalue weighted by atomic mass is 19.1. The highest BCUT2D eigenvalue weighted by Gasteiger charge is 2.13. The van der Waals surface area contributed by atoms with Gasteiger partial charge in [0.05, 0.1) is 13.0 Å². The van der Waals surface area contributed by atoms with Crippen molar-refractivity contribution in [2.24, 2.45) is 0 Å². The molecule has 144 valence electrons. The molecule has 0 atom stereocenters. The monoisotopic (exact) mass is 373 g/mol. The first-order chi connectivity index (χ1) is 12.7. The fraction of sp³-hybridized carbons (Fsp3) is 0.333. The van der Waals surface area contributed by atoms with Gasteiger partial charge in [0.25, 0.3) is 5.91 Å². The highest BCUT2D eigenvalue weighted by Crippen LogP contribution is 2.24. The Hall–Kier alpha value is -2.89. The van der Waals surface area contributed by atoms with Crippen LogP contribution in [0.4, 0.5) is 10.1 Å². The molecule has 1 amide bonds. The Bertz CT molecular complexity index is 764. The molecule has 0 aliphatic rings.